The zero-order chi connectivity index (χ0) is 16.2. The predicted molar refractivity (Wildman–Crippen MR) is 88.8 cm³/mol. The van der Waals surface area contributed by atoms with E-state index in [1.54, 1.807) is 31.4 Å². The van der Waals surface area contributed by atoms with Crippen LogP contribution < -0.4 is 4.74 Å². The number of carbonyl (C=O) groups excluding carboxylic acids is 1. The molecular weight excluding hydrogens is 290 g/mol. The first kappa shape index (κ1) is 15.3. The van der Waals surface area contributed by atoms with Gasteiger partial charge in [-0.2, -0.15) is 0 Å². The normalized spacial score (nSPS) is 20.0. The second-order valence-electron chi connectivity index (χ2n) is 5.70. The first-order valence-electron chi connectivity index (χ1n) is 7.64. The highest BCUT2D eigenvalue weighted by Gasteiger charge is 2.40. The molecule has 4 nitrogen and oxygen atoms in total. The van der Waals surface area contributed by atoms with Crippen molar-refractivity contribution >= 4 is 11.7 Å². The van der Waals surface area contributed by atoms with Crippen molar-refractivity contribution < 1.29 is 14.4 Å². The maximum absolute atomic E-state index is 11.9. The molecule has 2 unspecified atom stereocenters. The highest BCUT2D eigenvalue weighted by atomic mass is 16.7. The molecule has 2 aromatic rings. The number of oxime groups is 1. The molecule has 0 saturated heterocycles. The van der Waals surface area contributed by atoms with Crippen molar-refractivity contribution in [1.82, 2.24) is 0 Å². The Labute approximate surface area is 135 Å². The van der Waals surface area contributed by atoms with Gasteiger partial charge in [0.1, 0.15) is 5.75 Å². The maximum Gasteiger partial charge on any atom is 0.365 e. The number of hydrogen-bond donors (Lipinski definition) is 0. The summed E-state index contributed by atoms with van der Waals surface area (Å²) in [5, 5.41) is 4.01. The first-order valence-corrected chi connectivity index (χ1v) is 7.64. The van der Waals surface area contributed by atoms with Crippen LogP contribution in [0.4, 0.5) is 0 Å². The molecule has 0 spiro atoms. The summed E-state index contributed by atoms with van der Waals surface area (Å²) in [6.45, 7) is 1.91. The Balaban J connectivity index is 1.59. The van der Waals surface area contributed by atoms with E-state index >= 15 is 0 Å². The molecule has 0 aromatic heterocycles. The molecule has 3 rings (SSSR count). The van der Waals surface area contributed by atoms with Crippen molar-refractivity contribution in [2.24, 2.45) is 11.1 Å². The zero-order valence-corrected chi connectivity index (χ0v) is 13.2. The van der Waals surface area contributed by atoms with Crippen LogP contribution in [0.1, 0.15) is 35.2 Å². The minimum absolute atomic E-state index is 0.340. The van der Waals surface area contributed by atoms with Crippen LogP contribution in [0.25, 0.3) is 0 Å². The fraction of sp³-hybridized carbons (Fsp3) is 0.263. The highest BCUT2D eigenvalue weighted by molar-refractivity contribution is 5.91. The summed E-state index contributed by atoms with van der Waals surface area (Å²) >= 11 is 0. The molecule has 1 aliphatic rings. The zero-order valence-electron chi connectivity index (χ0n) is 13.2. The van der Waals surface area contributed by atoms with Crippen LogP contribution in [-0.4, -0.2) is 18.8 Å². The fourth-order valence-electron chi connectivity index (χ4n) is 2.68. The summed E-state index contributed by atoms with van der Waals surface area (Å²) in [5.41, 5.74) is 2.63. The molecule has 0 N–H and O–H groups in total. The SMILES string of the molecule is COc1ccc(C2CC2C(C)=NOC(=O)c2ccccc2)cc1. The number of hydrogen-bond acceptors (Lipinski definition) is 4. The Morgan fingerprint density at radius 1 is 1.09 bits per heavy atom. The van der Waals surface area contributed by atoms with Gasteiger partial charge in [0.15, 0.2) is 0 Å². The van der Waals surface area contributed by atoms with E-state index in [0.717, 1.165) is 17.9 Å². The van der Waals surface area contributed by atoms with E-state index in [9.17, 15) is 4.79 Å². The summed E-state index contributed by atoms with van der Waals surface area (Å²) in [6, 6.07) is 17.0. The average Bonchev–Trinajstić information content (AvgIpc) is 3.41. The van der Waals surface area contributed by atoms with E-state index in [2.05, 4.69) is 17.3 Å². The molecule has 1 saturated carbocycles. The summed E-state index contributed by atoms with van der Waals surface area (Å²) in [7, 11) is 1.66. The standard InChI is InChI=1S/C19H19NO3/c1-13(20-23-19(21)15-6-4-3-5-7-15)17-12-18(17)14-8-10-16(22-2)11-9-14/h3-11,17-18H,12H2,1-2H3. The van der Waals surface area contributed by atoms with E-state index in [1.807, 2.05) is 25.1 Å². The van der Waals surface area contributed by atoms with Gasteiger partial charge in [-0.05, 0) is 49.1 Å². The number of rotatable bonds is 5. The molecular formula is C19H19NO3. The van der Waals surface area contributed by atoms with Crippen molar-refractivity contribution in [2.75, 3.05) is 7.11 Å². The predicted octanol–water partition coefficient (Wildman–Crippen LogP) is 4.03. The molecule has 1 aliphatic carbocycles. The lowest BCUT2D eigenvalue weighted by atomic mass is 10.1. The summed E-state index contributed by atoms with van der Waals surface area (Å²) in [4.78, 5) is 16.9. The Bertz CT molecular complexity index is 707. The van der Waals surface area contributed by atoms with E-state index in [0.29, 0.717) is 17.4 Å². The molecule has 118 valence electrons. The van der Waals surface area contributed by atoms with Crippen molar-refractivity contribution in [1.29, 1.82) is 0 Å². The van der Waals surface area contributed by atoms with Crippen LogP contribution in [0.2, 0.25) is 0 Å². The number of benzene rings is 2. The van der Waals surface area contributed by atoms with Crippen LogP contribution in [0, 0.1) is 5.92 Å². The monoisotopic (exact) mass is 309 g/mol. The topological polar surface area (TPSA) is 47.9 Å². The lowest BCUT2D eigenvalue weighted by Gasteiger charge is -2.03. The van der Waals surface area contributed by atoms with Crippen LogP contribution in [0.15, 0.2) is 59.8 Å². The van der Waals surface area contributed by atoms with Crippen LogP contribution in [0.5, 0.6) is 5.75 Å². The van der Waals surface area contributed by atoms with Crippen molar-refractivity contribution in [3.8, 4) is 5.75 Å². The quantitative estimate of drug-likeness (QED) is 0.476. The van der Waals surface area contributed by atoms with Gasteiger partial charge in [0.05, 0.1) is 18.4 Å². The average molecular weight is 309 g/mol. The minimum Gasteiger partial charge on any atom is -0.497 e. The van der Waals surface area contributed by atoms with Crippen molar-refractivity contribution in [2.45, 2.75) is 19.3 Å². The first-order chi connectivity index (χ1) is 11.2. The molecule has 0 bridgehead atoms. The second kappa shape index (κ2) is 6.65. The van der Waals surface area contributed by atoms with Gasteiger partial charge in [-0.15, -0.1) is 0 Å². The van der Waals surface area contributed by atoms with Gasteiger partial charge in [0.25, 0.3) is 0 Å². The summed E-state index contributed by atoms with van der Waals surface area (Å²) in [5.74, 6) is 1.21. The van der Waals surface area contributed by atoms with Crippen LogP contribution in [-0.2, 0) is 4.84 Å². The summed E-state index contributed by atoms with van der Waals surface area (Å²) in [6.07, 6.45) is 1.03. The molecule has 0 heterocycles. The molecule has 1 fully saturated rings. The largest absolute Gasteiger partial charge is 0.497 e. The number of nitrogens with zero attached hydrogens (tertiary/aromatic N) is 1. The lowest BCUT2D eigenvalue weighted by Crippen LogP contribution is -2.04. The van der Waals surface area contributed by atoms with Gasteiger partial charge >= 0.3 is 5.97 Å². The molecule has 4 heteroatoms. The smallest absolute Gasteiger partial charge is 0.365 e. The molecule has 2 aromatic carbocycles. The number of ether oxygens (including phenoxy) is 1. The van der Waals surface area contributed by atoms with E-state index in [-0.39, 0.29) is 0 Å². The Morgan fingerprint density at radius 3 is 2.43 bits per heavy atom. The molecule has 0 radical (unpaired) electrons. The van der Waals surface area contributed by atoms with Crippen LogP contribution >= 0.6 is 0 Å². The third-order valence-corrected chi connectivity index (χ3v) is 4.15. The van der Waals surface area contributed by atoms with Crippen LogP contribution in [0.3, 0.4) is 0 Å². The van der Waals surface area contributed by atoms with E-state index in [4.69, 9.17) is 9.57 Å². The summed E-state index contributed by atoms with van der Waals surface area (Å²) < 4.78 is 5.17. The molecule has 23 heavy (non-hydrogen) atoms. The molecule has 0 amide bonds. The van der Waals surface area contributed by atoms with E-state index in [1.165, 1.54) is 5.56 Å². The van der Waals surface area contributed by atoms with Gasteiger partial charge < -0.3 is 9.57 Å². The van der Waals surface area contributed by atoms with Gasteiger partial charge in [-0.3, -0.25) is 0 Å². The molecule has 0 aliphatic heterocycles. The Kier molecular flexibility index (Phi) is 4.42. The lowest BCUT2D eigenvalue weighted by molar-refractivity contribution is 0.0514. The van der Waals surface area contributed by atoms with Gasteiger partial charge in [0, 0.05) is 5.92 Å². The molecule has 2 atom stereocenters. The Hall–Kier alpha value is -2.62. The third kappa shape index (κ3) is 3.59. The van der Waals surface area contributed by atoms with Crippen molar-refractivity contribution in [3.63, 3.8) is 0 Å². The van der Waals surface area contributed by atoms with Gasteiger partial charge in [0.2, 0.25) is 0 Å². The maximum atomic E-state index is 11.9. The highest BCUT2D eigenvalue weighted by Crippen LogP contribution is 2.48. The second-order valence-corrected chi connectivity index (χ2v) is 5.70. The van der Waals surface area contributed by atoms with Crippen molar-refractivity contribution in [3.05, 3.63) is 65.7 Å². The Morgan fingerprint density at radius 2 is 1.78 bits per heavy atom. The minimum atomic E-state index is -0.424. The number of carbonyl (C=O) groups is 1. The van der Waals surface area contributed by atoms with Gasteiger partial charge in [-0.1, -0.05) is 35.5 Å². The third-order valence-electron chi connectivity index (χ3n) is 4.15. The van der Waals surface area contributed by atoms with E-state index < -0.39 is 5.97 Å². The van der Waals surface area contributed by atoms with Gasteiger partial charge in [-0.25, -0.2) is 4.79 Å². The fourth-order valence-corrected chi connectivity index (χ4v) is 2.68. The number of methoxy groups -OCH3 is 1.